The minimum absolute atomic E-state index is 0.268. The summed E-state index contributed by atoms with van der Waals surface area (Å²) in [6.45, 7) is 4.85. The lowest BCUT2D eigenvalue weighted by molar-refractivity contribution is 0.303. The van der Waals surface area contributed by atoms with Crippen molar-refractivity contribution in [3.05, 3.63) is 12.0 Å². The predicted molar refractivity (Wildman–Crippen MR) is 78.2 cm³/mol. The Bertz CT molecular complexity index is 479. The molecule has 2 N–H and O–H groups in total. The smallest absolute Gasteiger partial charge is 0.224 e. The van der Waals surface area contributed by atoms with Crippen molar-refractivity contribution in [1.82, 2.24) is 9.97 Å². The highest BCUT2D eigenvalue weighted by Crippen LogP contribution is 2.49. The number of hydrogen-bond donors (Lipinski definition) is 2. The van der Waals surface area contributed by atoms with Crippen LogP contribution >= 0.6 is 0 Å². The van der Waals surface area contributed by atoms with E-state index in [9.17, 15) is 4.39 Å². The maximum atomic E-state index is 13.8. The average Bonchev–Trinajstić information content (AvgIpc) is 3.05. The number of halogens is 1. The lowest BCUT2D eigenvalue weighted by Gasteiger charge is -2.29. The molecule has 5 heteroatoms. The van der Waals surface area contributed by atoms with Crippen molar-refractivity contribution < 1.29 is 4.39 Å². The summed E-state index contributed by atoms with van der Waals surface area (Å²) in [6.07, 6.45) is 6.62. The number of nitrogens with one attached hydrogen (secondary N) is 2. The molecule has 1 aromatic heterocycles. The van der Waals surface area contributed by atoms with Crippen molar-refractivity contribution in [3.8, 4) is 0 Å². The van der Waals surface area contributed by atoms with Crippen molar-refractivity contribution in [1.29, 1.82) is 0 Å². The van der Waals surface area contributed by atoms with Gasteiger partial charge in [0.25, 0.3) is 0 Å². The van der Waals surface area contributed by atoms with Crippen LogP contribution < -0.4 is 10.6 Å². The summed E-state index contributed by atoms with van der Waals surface area (Å²) in [7, 11) is 0. The zero-order valence-electron chi connectivity index (χ0n) is 12.2. The molecule has 2 bridgehead atoms. The Hall–Kier alpha value is -1.39. The zero-order chi connectivity index (χ0) is 14.1. The fraction of sp³-hybridized carbons (Fsp3) is 0.733. The normalized spacial score (nSPS) is 29.4. The first kappa shape index (κ1) is 13.6. The van der Waals surface area contributed by atoms with Gasteiger partial charge < -0.3 is 10.6 Å². The van der Waals surface area contributed by atoms with Crippen molar-refractivity contribution in [2.75, 3.05) is 17.2 Å². The van der Waals surface area contributed by atoms with Crippen LogP contribution in [0.5, 0.6) is 0 Å². The minimum Gasteiger partial charge on any atom is -0.365 e. The van der Waals surface area contributed by atoms with Gasteiger partial charge in [0.15, 0.2) is 11.6 Å². The second-order valence-corrected chi connectivity index (χ2v) is 6.19. The van der Waals surface area contributed by atoms with Gasteiger partial charge in [-0.1, -0.05) is 6.42 Å². The Labute approximate surface area is 119 Å². The zero-order valence-corrected chi connectivity index (χ0v) is 12.2. The van der Waals surface area contributed by atoms with E-state index in [4.69, 9.17) is 0 Å². The largest absolute Gasteiger partial charge is 0.365 e. The van der Waals surface area contributed by atoms with E-state index in [-0.39, 0.29) is 11.9 Å². The van der Waals surface area contributed by atoms with Crippen molar-refractivity contribution in [2.45, 2.75) is 45.6 Å². The first-order valence-corrected chi connectivity index (χ1v) is 7.70. The Kier molecular flexibility index (Phi) is 3.76. The third-order valence-corrected chi connectivity index (χ3v) is 4.88. The van der Waals surface area contributed by atoms with Crippen LogP contribution in [0.3, 0.4) is 0 Å². The van der Waals surface area contributed by atoms with Crippen LogP contribution in [0.1, 0.15) is 39.5 Å². The molecule has 2 aliphatic rings. The van der Waals surface area contributed by atoms with Crippen molar-refractivity contribution >= 4 is 11.8 Å². The Morgan fingerprint density at radius 2 is 2.25 bits per heavy atom. The topological polar surface area (TPSA) is 49.8 Å². The van der Waals surface area contributed by atoms with E-state index in [1.807, 2.05) is 6.92 Å². The molecule has 0 aromatic carbocycles. The molecule has 0 radical (unpaired) electrons. The number of hydrogen-bond acceptors (Lipinski definition) is 4. The molecule has 110 valence electrons. The highest BCUT2D eigenvalue weighted by Gasteiger charge is 2.41. The molecule has 20 heavy (non-hydrogen) atoms. The molecule has 0 saturated heterocycles. The van der Waals surface area contributed by atoms with Gasteiger partial charge in [0.2, 0.25) is 5.95 Å². The molecule has 2 aliphatic carbocycles. The molecule has 2 saturated carbocycles. The summed E-state index contributed by atoms with van der Waals surface area (Å²) < 4.78 is 13.8. The van der Waals surface area contributed by atoms with E-state index in [0.717, 1.165) is 18.4 Å². The summed E-state index contributed by atoms with van der Waals surface area (Å²) >= 11 is 0. The molecule has 1 heterocycles. The Balaban J connectivity index is 1.69. The first-order chi connectivity index (χ1) is 9.67. The number of rotatable bonds is 5. The third kappa shape index (κ3) is 2.58. The SMILES string of the molecule is CCNc1ncc(F)c(NC(C)C2CC3CCC2C3)n1. The summed E-state index contributed by atoms with van der Waals surface area (Å²) in [5.74, 6) is 2.82. The molecular weight excluding hydrogens is 255 g/mol. The van der Waals surface area contributed by atoms with Gasteiger partial charge in [-0.3, -0.25) is 0 Å². The molecule has 0 spiro atoms. The average molecular weight is 278 g/mol. The number of fused-ring (bicyclic) bond motifs is 2. The van der Waals surface area contributed by atoms with E-state index in [0.29, 0.717) is 17.7 Å². The molecule has 0 amide bonds. The van der Waals surface area contributed by atoms with E-state index in [1.165, 1.54) is 31.9 Å². The highest BCUT2D eigenvalue weighted by molar-refractivity contribution is 5.42. The standard InChI is InChI=1S/C15H23FN4/c1-3-17-15-18-8-13(16)14(20-15)19-9(2)12-7-10-4-5-11(12)6-10/h8-12H,3-7H2,1-2H3,(H2,17,18,19,20). The van der Waals surface area contributed by atoms with Gasteiger partial charge in [-0.05, 0) is 50.9 Å². The lowest BCUT2D eigenvalue weighted by Crippen LogP contribution is -2.30. The maximum absolute atomic E-state index is 13.8. The summed E-state index contributed by atoms with van der Waals surface area (Å²) in [5.41, 5.74) is 0. The number of aromatic nitrogens is 2. The van der Waals surface area contributed by atoms with Gasteiger partial charge in [-0.25, -0.2) is 9.37 Å². The lowest BCUT2D eigenvalue weighted by atomic mass is 9.84. The first-order valence-electron chi connectivity index (χ1n) is 7.70. The van der Waals surface area contributed by atoms with Crippen molar-refractivity contribution in [2.24, 2.45) is 17.8 Å². The summed E-state index contributed by atoms with van der Waals surface area (Å²) in [5, 5.41) is 6.29. The van der Waals surface area contributed by atoms with Gasteiger partial charge in [0.05, 0.1) is 6.20 Å². The predicted octanol–water partition coefficient (Wildman–Crippen LogP) is 3.28. The van der Waals surface area contributed by atoms with Gasteiger partial charge in [-0.15, -0.1) is 0 Å². The van der Waals surface area contributed by atoms with Crippen LogP contribution in [0.15, 0.2) is 6.20 Å². The summed E-state index contributed by atoms with van der Waals surface area (Å²) in [6, 6.07) is 0.268. The van der Waals surface area contributed by atoms with Crippen LogP contribution in [0.4, 0.5) is 16.2 Å². The van der Waals surface area contributed by atoms with E-state index in [2.05, 4.69) is 27.5 Å². The van der Waals surface area contributed by atoms with E-state index >= 15 is 0 Å². The quantitative estimate of drug-likeness (QED) is 0.868. The molecular formula is C15H23FN4. The molecule has 2 fully saturated rings. The van der Waals surface area contributed by atoms with Gasteiger partial charge >= 0.3 is 0 Å². The van der Waals surface area contributed by atoms with E-state index < -0.39 is 0 Å². The number of anilines is 2. The molecule has 4 atom stereocenters. The van der Waals surface area contributed by atoms with Crippen LogP contribution in [0.2, 0.25) is 0 Å². The molecule has 4 unspecified atom stereocenters. The summed E-state index contributed by atoms with van der Waals surface area (Å²) in [4.78, 5) is 8.16. The number of nitrogens with zero attached hydrogens (tertiary/aromatic N) is 2. The van der Waals surface area contributed by atoms with Crippen molar-refractivity contribution in [3.63, 3.8) is 0 Å². The Morgan fingerprint density at radius 1 is 1.40 bits per heavy atom. The second-order valence-electron chi connectivity index (χ2n) is 6.19. The van der Waals surface area contributed by atoms with Gasteiger partial charge in [0.1, 0.15) is 0 Å². The van der Waals surface area contributed by atoms with Crippen LogP contribution in [0, 0.1) is 23.6 Å². The van der Waals surface area contributed by atoms with Gasteiger partial charge in [-0.2, -0.15) is 4.98 Å². The second kappa shape index (κ2) is 5.54. The minimum atomic E-state index is -0.373. The van der Waals surface area contributed by atoms with Crippen LogP contribution in [-0.4, -0.2) is 22.6 Å². The third-order valence-electron chi connectivity index (χ3n) is 4.88. The highest BCUT2D eigenvalue weighted by atomic mass is 19.1. The molecule has 1 aromatic rings. The monoisotopic (exact) mass is 278 g/mol. The van der Waals surface area contributed by atoms with Crippen LogP contribution in [-0.2, 0) is 0 Å². The van der Waals surface area contributed by atoms with Crippen LogP contribution in [0.25, 0.3) is 0 Å². The fourth-order valence-corrected chi connectivity index (χ4v) is 3.94. The molecule has 4 nitrogen and oxygen atoms in total. The maximum Gasteiger partial charge on any atom is 0.224 e. The van der Waals surface area contributed by atoms with Gasteiger partial charge in [0, 0.05) is 12.6 Å². The fourth-order valence-electron chi connectivity index (χ4n) is 3.94. The van der Waals surface area contributed by atoms with E-state index in [1.54, 1.807) is 0 Å². The Morgan fingerprint density at radius 3 is 2.90 bits per heavy atom. The molecule has 3 rings (SSSR count). The molecule has 0 aliphatic heterocycles.